The summed E-state index contributed by atoms with van der Waals surface area (Å²) in [6.07, 6.45) is 0.811. The number of hydrogen-bond acceptors (Lipinski definition) is 4. The Kier molecular flexibility index (Phi) is 8.27. The average Bonchev–Trinajstić information content (AvgIpc) is 2.49. The van der Waals surface area contributed by atoms with Gasteiger partial charge >= 0.3 is 0 Å². The van der Waals surface area contributed by atoms with E-state index in [4.69, 9.17) is 9.47 Å². The van der Waals surface area contributed by atoms with Crippen molar-refractivity contribution < 1.29 is 13.9 Å². The minimum atomic E-state index is -0.222. The highest BCUT2D eigenvalue weighted by Crippen LogP contribution is 2.29. The summed E-state index contributed by atoms with van der Waals surface area (Å²) in [5, 5.41) is 3.35. The third-order valence-corrected chi connectivity index (χ3v) is 3.51. The lowest BCUT2D eigenvalue weighted by Crippen LogP contribution is -2.29. The maximum atomic E-state index is 14.2. The van der Waals surface area contributed by atoms with Gasteiger partial charge in [-0.1, -0.05) is 13.0 Å². The Balaban J connectivity index is 2.77. The van der Waals surface area contributed by atoms with Crippen LogP contribution in [0.2, 0.25) is 0 Å². The van der Waals surface area contributed by atoms with Gasteiger partial charge in [0.25, 0.3) is 0 Å². The van der Waals surface area contributed by atoms with Crippen molar-refractivity contribution in [3.63, 3.8) is 0 Å². The van der Waals surface area contributed by atoms with Gasteiger partial charge in [0.1, 0.15) is 11.6 Å². The van der Waals surface area contributed by atoms with E-state index >= 15 is 0 Å². The third kappa shape index (κ3) is 5.61. The zero-order valence-electron chi connectivity index (χ0n) is 13.5. The fourth-order valence-corrected chi connectivity index (χ4v) is 2.34. The van der Waals surface area contributed by atoms with Gasteiger partial charge in [-0.2, -0.15) is 0 Å². The summed E-state index contributed by atoms with van der Waals surface area (Å²) in [5.74, 6) is 0.375. The normalized spacial score (nSPS) is 12.7. The first-order chi connectivity index (χ1) is 10.1. The van der Waals surface area contributed by atoms with E-state index < -0.39 is 0 Å². The molecule has 0 aliphatic carbocycles. The van der Waals surface area contributed by atoms with Gasteiger partial charge in [0.05, 0.1) is 13.7 Å². The fraction of sp³-hybridized carbons (Fsp3) is 0.625. The monoisotopic (exact) mass is 298 g/mol. The van der Waals surface area contributed by atoms with Crippen LogP contribution in [0.5, 0.6) is 5.75 Å². The molecule has 0 heterocycles. The highest BCUT2D eigenvalue weighted by atomic mass is 19.1. The van der Waals surface area contributed by atoms with Gasteiger partial charge in [0, 0.05) is 25.3 Å². The number of ether oxygens (including phenoxy) is 2. The van der Waals surface area contributed by atoms with E-state index in [9.17, 15) is 4.39 Å². The molecule has 0 saturated carbocycles. The molecular weight excluding hydrogens is 271 g/mol. The minimum absolute atomic E-state index is 0.0591. The van der Waals surface area contributed by atoms with Crippen molar-refractivity contribution in [3.8, 4) is 5.75 Å². The lowest BCUT2D eigenvalue weighted by atomic mass is 10.0. The van der Waals surface area contributed by atoms with Crippen LogP contribution < -0.4 is 10.1 Å². The Morgan fingerprint density at radius 2 is 2.05 bits per heavy atom. The van der Waals surface area contributed by atoms with E-state index in [1.165, 1.54) is 6.07 Å². The quantitative estimate of drug-likeness (QED) is 0.719. The Bertz CT molecular complexity index is 415. The minimum Gasteiger partial charge on any atom is -0.496 e. The fourth-order valence-electron chi connectivity index (χ4n) is 2.34. The van der Waals surface area contributed by atoms with Crippen molar-refractivity contribution in [2.24, 2.45) is 0 Å². The van der Waals surface area contributed by atoms with Crippen LogP contribution in [-0.4, -0.2) is 52.4 Å². The molecule has 0 saturated heterocycles. The summed E-state index contributed by atoms with van der Waals surface area (Å²) < 4.78 is 24.6. The number of halogens is 1. The van der Waals surface area contributed by atoms with Crippen molar-refractivity contribution in [1.29, 1.82) is 0 Å². The van der Waals surface area contributed by atoms with Crippen LogP contribution in [0, 0.1) is 5.82 Å². The Hall–Kier alpha value is -1.17. The first-order valence-corrected chi connectivity index (χ1v) is 7.37. The van der Waals surface area contributed by atoms with E-state index in [1.807, 2.05) is 14.0 Å². The summed E-state index contributed by atoms with van der Waals surface area (Å²) in [6.45, 7) is 5.23. The second-order valence-corrected chi connectivity index (χ2v) is 5.05. The molecule has 0 bridgehead atoms. The zero-order chi connectivity index (χ0) is 15.7. The molecule has 1 N–H and O–H groups in total. The first-order valence-electron chi connectivity index (χ1n) is 7.37. The van der Waals surface area contributed by atoms with Crippen LogP contribution in [0.1, 0.15) is 24.9 Å². The Morgan fingerprint density at radius 3 is 2.67 bits per heavy atom. The molecule has 1 aromatic carbocycles. The van der Waals surface area contributed by atoms with Crippen molar-refractivity contribution in [3.05, 3.63) is 29.6 Å². The molecule has 0 aliphatic rings. The highest BCUT2D eigenvalue weighted by Gasteiger charge is 2.20. The molecule has 1 atom stereocenters. The van der Waals surface area contributed by atoms with Gasteiger partial charge in [-0.15, -0.1) is 0 Å². The number of nitrogens with zero attached hydrogens (tertiary/aromatic N) is 1. The molecule has 0 aliphatic heterocycles. The smallest absolute Gasteiger partial charge is 0.131 e. The highest BCUT2D eigenvalue weighted by molar-refractivity contribution is 5.37. The largest absolute Gasteiger partial charge is 0.496 e. The lowest BCUT2D eigenvalue weighted by molar-refractivity contribution is 0.158. The van der Waals surface area contributed by atoms with Gasteiger partial charge in [-0.05, 0) is 38.7 Å². The predicted molar refractivity (Wildman–Crippen MR) is 83.4 cm³/mol. The average molecular weight is 298 g/mol. The van der Waals surface area contributed by atoms with Gasteiger partial charge in [0.15, 0.2) is 0 Å². The molecule has 5 heteroatoms. The van der Waals surface area contributed by atoms with Crippen molar-refractivity contribution in [2.75, 3.05) is 47.5 Å². The third-order valence-electron chi connectivity index (χ3n) is 3.51. The Labute approximate surface area is 127 Å². The predicted octanol–water partition coefficient (Wildman–Crippen LogP) is 2.45. The molecule has 0 spiro atoms. The van der Waals surface area contributed by atoms with Crippen LogP contribution in [0.3, 0.4) is 0 Å². The van der Waals surface area contributed by atoms with Gasteiger partial charge < -0.3 is 19.7 Å². The number of rotatable bonds is 10. The van der Waals surface area contributed by atoms with Crippen LogP contribution in [0.4, 0.5) is 4.39 Å². The van der Waals surface area contributed by atoms with Crippen LogP contribution in [0.25, 0.3) is 0 Å². The van der Waals surface area contributed by atoms with Gasteiger partial charge in [-0.25, -0.2) is 4.39 Å². The van der Waals surface area contributed by atoms with Gasteiger partial charge in [-0.3, -0.25) is 0 Å². The number of likely N-dealkylation sites (N-methyl/N-ethyl adjacent to an activating group) is 1. The van der Waals surface area contributed by atoms with E-state index in [1.54, 1.807) is 26.4 Å². The van der Waals surface area contributed by atoms with E-state index in [2.05, 4.69) is 10.2 Å². The second kappa shape index (κ2) is 9.71. The van der Waals surface area contributed by atoms with Crippen LogP contribution in [-0.2, 0) is 4.74 Å². The SMILES string of the molecule is CCNC(CCN(C)CCOC)c1c(F)cccc1OC. The summed E-state index contributed by atoms with van der Waals surface area (Å²) in [5.41, 5.74) is 0.613. The van der Waals surface area contributed by atoms with Crippen molar-refractivity contribution in [1.82, 2.24) is 10.2 Å². The maximum Gasteiger partial charge on any atom is 0.131 e. The molecule has 0 amide bonds. The summed E-state index contributed by atoms with van der Waals surface area (Å²) in [4.78, 5) is 2.18. The Morgan fingerprint density at radius 1 is 1.29 bits per heavy atom. The number of nitrogens with one attached hydrogen (secondary N) is 1. The lowest BCUT2D eigenvalue weighted by Gasteiger charge is -2.24. The molecule has 4 nitrogen and oxygen atoms in total. The molecule has 1 unspecified atom stereocenters. The molecule has 120 valence electrons. The zero-order valence-corrected chi connectivity index (χ0v) is 13.5. The number of hydrogen-bond donors (Lipinski definition) is 1. The van der Waals surface area contributed by atoms with E-state index in [-0.39, 0.29) is 11.9 Å². The number of methoxy groups -OCH3 is 2. The van der Waals surface area contributed by atoms with E-state index in [0.717, 1.165) is 26.1 Å². The molecule has 0 fully saturated rings. The van der Waals surface area contributed by atoms with Crippen molar-refractivity contribution >= 4 is 0 Å². The van der Waals surface area contributed by atoms with Crippen LogP contribution >= 0.6 is 0 Å². The molecule has 0 radical (unpaired) electrons. The molecular formula is C16H27FN2O2. The maximum absolute atomic E-state index is 14.2. The first kappa shape index (κ1) is 17.9. The van der Waals surface area contributed by atoms with Crippen molar-refractivity contribution in [2.45, 2.75) is 19.4 Å². The van der Waals surface area contributed by atoms with E-state index in [0.29, 0.717) is 17.9 Å². The van der Waals surface area contributed by atoms with Gasteiger partial charge in [0.2, 0.25) is 0 Å². The van der Waals surface area contributed by atoms with Crippen LogP contribution in [0.15, 0.2) is 18.2 Å². The summed E-state index contributed by atoms with van der Waals surface area (Å²) in [6, 6.07) is 4.90. The summed E-state index contributed by atoms with van der Waals surface area (Å²) >= 11 is 0. The molecule has 21 heavy (non-hydrogen) atoms. The number of benzene rings is 1. The molecule has 1 rings (SSSR count). The standard InChI is InChI=1S/C16H27FN2O2/c1-5-18-14(9-10-19(2)11-12-20-3)16-13(17)7-6-8-15(16)21-4/h6-8,14,18H,5,9-12H2,1-4H3. The summed E-state index contributed by atoms with van der Waals surface area (Å²) in [7, 11) is 5.31. The molecule has 0 aromatic heterocycles. The molecule has 1 aromatic rings. The topological polar surface area (TPSA) is 33.7 Å². The second-order valence-electron chi connectivity index (χ2n) is 5.05.